The third-order valence-electron chi connectivity index (χ3n) is 2.41. The Bertz CT molecular complexity index is 508. The molecule has 1 atom stereocenters. The molecular formula is C11H12Cl2N2O4. The molecule has 0 aliphatic heterocycles. The second kappa shape index (κ2) is 6.70. The van der Waals surface area contributed by atoms with Gasteiger partial charge in [-0.25, -0.2) is 0 Å². The summed E-state index contributed by atoms with van der Waals surface area (Å²) in [5.41, 5.74) is -0.375. The molecule has 2 N–H and O–H groups in total. The molecule has 1 unspecified atom stereocenters. The summed E-state index contributed by atoms with van der Waals surface area (Å²) in [4.78, 5) is 21.9. The number of benzene rings is 1. The highest BCUT2D eigenvalue weighted by molar-refractivity contribution is 6.43. The van der Waals surface area contributed by atoms with Crippen LogP contribution in [0.2, 0.25) is 10.0 Å². The maximum absolute atomic E-state index is 11.9. The summed E-state index contributed by atoms with van der Waals surface area (Å²) in [6.07, 6.45) is 0.384. The second-order valence-electron chi connectivity index (χ2n) is 3.94. The molecule has 0 heterocycles. The normalized spacial score (nSPS) is 12.0. The van der Waals surface area contributed by atoms with Crippen molar-refractivity contribution < 1.29 is 14.8 Å². The quantitative estimate of drug-likeness (QED) is 0.645. The Balaban J connectivity index is 3.01. The Morgan fingerprint density at radius 2 is 2.16 bits per heavy atom. The van der Waals surface area contributed by atoms with E-state index in [-0.39, 0.29) is 28.3 Å². The lowest BCUT2D eigenvalue weighted by Crippen LogP contribution is -2.33. The molecule has 1 aromatic carbocycles. The van der Waals surface area contributed by atoms with Crippen molar-refractivity contribution >= 4 is 34.8 Å². The first-order valence-electron chi connectivity index (χ1n) is 5.42. The van der Waals surface area contributed by atoms with Gasteiger partial charge in [-0.05, 0) is 19.4 Å². The molecule has 0 saturated heterocycles. The maximum atomic E-state index is 11.9. The number of aliphatic hydroxyl groups excluding tert-OH is 1. The molecule has 0 aliphatic rings. The molecule has 1 aromatic rings. The molecule has 0 bridgehead atoms. The number of hydrogen-bond acceptors (Lipinski definition) is 4. The zero-order chi connectivity index (χ0) is 14.6. The smallest absolute Gasteiger partial charge is 0.290 e. The average Bonchev–Trinajstić information content (AvgIpc) is 2.32. The van der Waals surface area contributed by atoms with E-state index in [1.54, 1.807) is 6.92 Å². The zero-order valence-electron chi connectivity index (χ0n) is 10.0. The van der Waals surface area contributed by atoms with Crippen LogP contribution in [-0.2, 0) is 0 Å². The fraction of sp³-hybridized carbons (Fsp3) is 0.364. The minimum Gasteiger partial charge on any atom is -0.396 e. The van der Waals surface area contributed by atoms with Gasteiger partial charge in [-0.15, -0.1) is 0 Å². The summed E-state index contributed by atoms with van der Waals surface area (Å²) in [6, 6.07) is 2.07. The highest BCUT2D eigenvalue weighted by Crippen LogP contribution is 2.33. The molecule has 0 spiro atoms. The van der Waals surface area contributed by atoms with Crippen molar-refractivity contribution in [3.05, 3.63) is 37.9 Å². The molecular weight excluding hydrogens is 295 g/mol. The standard InChI is InChI=1S/C11H12Cl2N2O4/c1-6(2-3-16)14-11(17)7-4-8(12)10(13)9(5-7)15(18)19/h4-6,16H,2-3H2,1H3,(H,14,17). The van der Waals surface area contributed by atoms with Crippen molar-refractivity contribution in [2.45, 2.75) is 19.4 Å². The highest BCUT2D eigenvalue weighted by atomic mass is 35.5. The van der Waals surface area contributed by atoms with Crippen LogP contribution in [0.3, 0.4) is 0 Å². The predicted molar refractivity (Wildman–Crippen MR) is 71.7 cm³/mol. The van der Waals surface area contributed by atoms with Crippen molar-refractivity contribution in [2.24, 2.45) is 0 Å². The molecule has 8 heteroatoms. The van der Waals surface area contributed by atoms with Crippen LogP contribution in [0.25, 0.3) is 0 Å². The molecule has 0 aromatic heterocycles. The van der Waals surface area contributed by atoms with Crippen molar-refractivity contribution in [1.29, 1.82) is 0 Å². The number of aliphatic hydroxyl groups is 1. The van der Waals surface area contributed by atoms with Gasteiger partial charge in [0.1, 0.15) is 5.02 Å². The van der Waals surface area contributed by atoms with Crippen LogP contribution in [0, 0.1) is 10.1 Å². The van der Waals surface area contributed by atoms with Crippen LogP contribution >= 0.6 is 23.2 Å². The number of carbonyl (C=O) groups is 1. The fourth-order valence-electron chi connectivity index (χ4n) is 1.41. The summed E-state index contributed by atoms with van der Waals surface area (Å²) in [5, 5.41) is 21.8. The lowest BCUT2D eigenvalue weighted by atomic mass is 10.1. The first-order valence-corrected chi connectivity index (χ1v) is 6.17. The highest BCUT2D eigenvalue weighted by Gasteiger charge is 2.20. The topological polar surface area (TPSA) is 92.5 Å². The van der Waals surface area contributed by atoms with E-state index in [9.17, 15) is 14.9 Å². The number of nitrogens with zero attached hydrogens (tertiary/aromatic N) is 1. The van der Waals surface area contributed by atoms with Gasteiger partial charge >= 0.3 is 0 Å². The van der Waals surface area contributed by atoms with Gasteiger partial charge in [0.25, 0.3) is 11.6 Å². The number of rotatable bonds is 5. The van der Waals surface area contributed by atoms with Gasteiger partial charge in [0.15, 0.2) is 0 Å². The Kier molecular flexibility index (Phi) is 5.53. The predicted octanol–water partition coefficient (Wildman–Crippen LogP) is 2.40. The SMILES string of the molecule is CC(CCO)NC(=O)c1cc(Cl)c(Cl)c([N+](=O)[O-])c1. The van der Waals surface area contributed by atoms with E-state index in [0.29, 0.717) is 6.42 Å². The molecule has 1 amide bonds. The lowest BCUT2D eigenvalue weighted by Gasteiger charge is -2.12. The van der Waals surface area contributed by atoms with E-state index in [0.717, 1.165) is 6.07 Å². The van der Waals surface area contributed by atoms with Crippen molar-refractivity contribution in [1.82, 2.24) is 5.32 Å². The van der Waals surface area contributed by atoms with Crippen LogP contribution in [-0.4, -0.2) is 28.6 Å². The van der Waals surface area contributed by atoms with Gasteiger partial charge < -0.3 is 10.4 Å². The molecule has 0 saturated carbocycles. The summed E-state index contributed by atoms with van der Waals surface area (Å²) in [7, 11) is 0. The fourth-order valence-corrected chi connectivity index (χ4v) is 1.80. The first kappa shape index (κ1) is 15.7. The number of amides is 1. The summed E-state index contributed by atoms with van der Waals surface area (Å²) < 4.78 is 0. The Morgan fingerprint density at radius 3 is 2.68 bits per heavy atom. The van der Waals surface area contributed by atoms with Crippen LogP contribution < -0.4 is 5.32 Å². The van der Waals surface area contributed by atoms with Crippen LogP contribution in [0.1, 0.15) is 23.7 Å². The Hall–Kier alpha value is -1.37. The van der Waals surface area contributed by atoms with E-state index >= 15 is 0 Å². The number of carbonyl (C=O) groups excluding carboxylic acids is 1. The molecule has 0 radical (unpaired) electrons. The molecule has 1 rings (SSSR count). The number of nitro groups is 1. The van der Waals surface area contributed by atoms with Gasteiger partial charge in [-0.3, -0.25) is 14.9 Å². The van der Waals surface area contributed by atoms with E-state index in [2.05, 4.69) is 5.32 Å². The monoisotopic (exact) mass is 306 g/mol. The van der Waals surface area contributed by atoms with Gasteiger partial charge in [-0.2, -0.15) is 0 Å². The molecule has 6 nitrogen and oxygen atoms in total. The Labute approximate surface area is 119 Å². The number of halogens is 2. The third kappa shape index (κ3) is 4.05. The van der Waals surface area contributed by atoms with Crippen LogP contribution in [0.4, 0.5) is 5.69 Å². The van der Waals surface area contributed by atoms with E-state index in [1.807, 2.05) is 0 Å². The second-order valence-corrected chi connectivity index (χ2v) is 4.72. The number of hydrogen-bond donors (Lipinski definition) is 2. The molecule has 104 valence electrons. The molecule has 0 fully saturated rings. The summed E-state index contributed by atoms with van der Waals surface area (Å²) >= 11 is 11.4. The van der Waals surface area contributed by atoms with E-state index in [4.69, 9.17) is 28.3 Å². The first-order chi connectivity index (χ1) is 8.86. The number of nitro benzene ring substituents is 1. The minimum atomic E-state index is -0.706. The summed E-state index contributed by atoms with van der Waals surface area (Å²) in [5.74, 6) is -0.511. The van der Waals surface area contributed by atoms with E-state index < -0.39 is 16.5 Å². The van der Waals surface area contributed by atoms with Crippen molar-refractivity contribution in [3.8, 4) is 0 Å². The van der Waals surface area contributed by atoms with Gasteiger partial charge in [0.2, 0.25) is 0 Å². The zero-order valence-corrected chi connectivity index (χ0v) is 11.5. The maximum Gasteiger partial charge on any atom is 0.290 e. The van der Waals surface area contributed by atoms with E-state index in [1.165, 1.54) is 6.07 Å². The van der Waals surface area contributed by atoms with Crippen molar-refractivity contribution in [3.63, 3.8) is 0 Å². The third-order valence-corrected chi connectivity index (χ3v) is 3.20. The molecule has 0 aliphatic carbocycles. The molecule has 19 heavy (non-hydrogen) atoms. The van der Waals surface area contributed by atoms with Gasteiger partial charge in [0.05, 0.1) is 9.95 Å². The minimum absolute atomic E-state index is 0.0471. The summed E-state index contributed by atoms with van der Waals surface area (Å²) in [6.45, 7) is 1.64. The largest absolute Gasteiger partial charge is 0.396 e. The van der Waals surface area contributed by atoms with Gasteiger partial charge in [0, 0.05) is 24.3 Å². The van der Waals surface area contributed by atoms with Crippen LogP contribution in [0.15, 0.2) is 12.1 Å². The Morgan fingerprint density at radius 1 is 1.53 bits per heavy atom. The van der Waals surface area contributed by atoms with Crippen molar-refractivity contribution in [2.75, 3.05) is 6.61 Å². The lowest BCUT2D eigenvalue weighted by molar-refractivity contribution is -0.384. The average molecular weight is 307 g/mol. The van der Waals surface area contributed by atoms with Gasteiger partial charge in [-0.1, -0.05) is 23.2 Å². The number of nitrogens with one attached hydrogen (secondary N) is 1. The van der Waals surface area contributed by atoms with Crippen LogP contribution in [0.5, 0.6) is 0 Å².